The average Bonchev–Trinajstić information content (AvgIpc) is 2.74. The van der Waals surface area contributed by atoms with Crippen LogP contribution in [0, 0.1) is 0 Å². The molecule has 1 fully saturated rings. The predicted molar refractivity (Wildman–Crippen MR) is 126 cm³/mol. The fourth-order valence-electron chi connectivity index (χ4n) is 3.37. The molecule has 3 rings (SSSR count). The average molecular weight is 465 g/mol. The van der Waals surface area contributed by atoms with E-state index >= 15 is 0 Å². The van der Waals surface area contributed by atoms with Gasteiger partial charge in [0.25, 0.3) is 5.91 Å². The highest BCUT2D eigenvalue weighted by molar-refractivity contribution is 7.89. The zero-order valence-electron chi connectivity index (χ0n) is 18.3. The molecule has 1 amide bonds. The van der Waals surface area contributed by atoms with E-state index in [9.17, 15) is 13.2 Å². The van der Waals surface area contributed by atoms with E-state index in [1.165, 1.54) is 23.5 Å². The van der Waals surface area contributed by atoms with E-state index in [0.29, 0.717) is 10.7 Å². The highest BCUT2D eigenvalue weighted by Crippen LogP contribution is 2.30. The molecule has 1 heterocycles. The Kier molecular flexibility index (Phi) is 7.26. The Morgan fingerprint density at radius 2 is 1.77 bits per heavy atom. The summed E-state index contributed by atoms with van der Waals surface area (Å²) in [6.07, 6.45) is 0. The summed E-state index contributed by atoms with van der Waals surface area (Å²) in [5.41, 5.74) is 1.77. The van der Waals surface area contributed by atoms with Crippen LogP contribution in [0.3, 0.4) is 0 Å². The third kappa shape index (κ3) is 5.38. The van der Waals surface area contributed by atoms with E-state index in [0.717, 1.165) is 31.9 Å². The first kappa shape index (κ1) is 23.5. The van der Waals surface area contributed by atoms with E-state index in [1.54, 1.807) is 38.1 Å². The fraction of sp³-hybridized carbons (Fsp3) is 0.409. The van der Waals surface area contributed by atoms with Crippen LogP contribution in [-0.4, -0.2) is 69.8 Å². The second-order valence-corrected chi connectivity index (χ2v) is 10.5. The number of amides is 1. The van der Waals surface area contributed by atoms with Gasteiger partial charge in [-0.05, 0) is 57.3 Å². The predicted octanol–water partition coefficient (Wildman–Crippen LogP) is 3.37. The van der Waals surface area contributed by atoms with Gasteiger partial charge in [-0.25, -0.2) is 8.42 Å². The van der Waals surface area contributed by atoms with Crippen molar-refractivity contribution in [2.75, 3.05) is 50.5 Å². The van der Waals surface area contributed by atoms with Gasteiger partial charge in [0.05, 0.1) is 16.3 Å². The Morgan fingerprint density at radius 1 is 1.10 bits per heavy atom. The quantitative estimate of drug-likeness (QED) is 0.709. The first-order valence-electron chi connectivity index (χ1n) is 10.2. The van der Waals surface area contributed by atoms with E-state index in [-0.39, 0.29) is 22.4 Å². The van der Waals surface area contributed by atoms with Gasteiger partial charge in [-0.3, -0.25) is 4.79 Å². The lowest BCUT2D eigenvalue weighted by atomic mass is 10.1. The molecule has 0 radical (unpaired) electrons. The minimum absolute atomic E-state index is 0.0849. The van der Waals surface area contributed by atoms with Crippen molar-refractivity contribution in [2.24, 2.45) is 0 Å². The SMILES string of the molecule is CC(C)N(C)S(=O)(=O)c1cccc(C(=O)Nc2cc(Cl)ccc2N2CCN(C)CC2)c1. The Morgan fingerprint density at radius 3 is 2.42 bits per heavy atom. The van der Waals surface area contributed by atoms with Gasteiger partial charge in [-0.2, -0.15) is 4.31 Å². The normalized spacial score (nSPS) is 15.5. The molecule has 1 N–H and O–H groups in total. The number of hydrogen-bond acceptors (Lipinski definition) is 5. The van der Waals surface area contributed by atoms with Crippen LogP contribution >= 0.6 is 11.6 Å². The van der Waals surface area contributed by atoms with E-state index < -0.39 is 10.0 Å². The summed E-state index contributed by atoms with van der Waals surface area (Å²) in [5.74, 6) is -0.387. The van der Waals surface area contributed by atoms with Crippen molar-refractivity contribution >= 4 is 38.9 Å². The molecule has 1 aliphatic heterocycles. The second kappa shape index (κ2) is 9.56. The molecule has 0 bridgehead atoms. The minimum atomic E-state index is -3.69. The summed E-state index contributed by atoms with van der Waals surface area (Å²) in [6.45, 7) is 7.14. The molecule has 0 aromatic heterocycles. The fourth-order valence-corrected chi connectivity index (χ4v) is 4.95. The molecule has 0 unspecified atom stereocenters. The first-order valence-corrected chi connectivity index (χ1v) is 12.0. The molecule has 0 saturated carbocycles. The van der Waals surface area contributed by atoms with Crippen LogP contribution in [0.5, 0.6) is 0 Å². The van der Waals surface area contributed by atoms with Crippen LogP contribution in [0.15, 0.2) is 47.4 Å². The van der Waals surface area contributed by atoms with Gasteiger partial charge >= 0.3 is 0 Å². The molecule has 1 saturated heterocycles. The number of carbonyl (C=O) groups excluding carboxylic acids is 1. The van der Waals surface area contributed by atoms with Crippen molar-refractivity contribution in [1.29, 1.82) is 0 Å². The smallest absolute Gasteiger partial charge is 0.255 e. The van der Waals surface area contributed by atoms with E-state index in [1.807, 2.05) is 6.07 Å². The summed E-state index contributed by atoms with van der Waals surface area (Å²) >= 11 is 6.20. The molecule has 0 spiro atoms. The second-order valence-electron chi connectivity index (χ2n) is 8.05. The molecule has 1 aliphatic rings. The maximum atomic E-state index is 13.0. The Bertz CT molecular complexity index is 1050. The molecule has 168 valence electrons. The molecule has 2 aromatic carbocycles. The Balaban J connectivity index is 1.87. The Labute approximate surface area is 189 Å². The summed E-state index contributed by atoms with van der Waals surface area (Å²) in [6, 6.07) is 11.3. The van der Waals surface area contributed by atoms with Crippen molar-refractivity contribution in [2.45, 2.75) is 24.8 Å². The number of piperazine rings is 1. The number of nitrogens with zero attached hydrogens (tertiary/aromatic N) is 3. The van der Waals surface area contributed by atoms with Crippen molar-refractivity contribution in [3.05, 3.63) is 53.1 Å². The maximum Gasteiger partial charge on any atom is 0.255 e. The number of carbonyl (C=O) groups is 1. The van der Waals surface area contributed by atoms with Gasteiger partial charge in [0.15, 0.2) is 0 Å². The highest BCUT2D eigenvalue weighted by atomic mass is 35.5. The zero-order valence-corrected chi connectivity index (χ0v) is 19.9. The summed E-state index contributed by atoms with van der Waals surface area (Å²) in [4.78, 5) is 17.6. The topological polar surface area (TPSA) is 73.0 Å². The first-order chi connectivity index (χ1) is 14.6. The van der Waals surface area contributed by atoms with Gasteiger partial charge in [0.1, 0.15) is 0 Å². The molecular formula is C22H29ClN4O3S. The van der Waals surface area contributed by atoms with Gasteiger partial charge < -0.3 is 15.1 Å². The molecular weight excluding hydrogens is 436 g/mol. The largest absolute Gasteiger partial charge is 0.367 e. The number of nitrogens with one attached hydrogen (secondary N) is 1. The number of anilines is 2. The maximum absolute atomic E-state index is 13.0. The molecule has 31 heavy (non-hydrogen) atoms. The third-order valence-corrected chi connectivity index (χ3v) is 7.82. The lowest BCUT2D eigenvalue weighted by molar-refractivity contribution is 0.102. The lowest BCUT2D eigenvalue weighted by Gasteiger charge is -2.35. The van der Waals surface area contributed by atoms with Gasteiger partial charge in [0, 0.05) is 49.9 Å². The van der Waals surface area contributed by atoms with Crippen LogP contribution < -0.4 is 10.2 Å². The number of benzene rings is 2. The molecule has 2 aromatic rings. The number of hydrogen-bond donors (Lipinski definition) is 1. The molecule has 0 aliphatic carbocycles. The number of likely N-dealkylation sites (N-methyl/N-ethyl adjacent to an activating group) is 1. The van der Waals surface area contributed by atoms with Crippen molar-refractivity contribution in [3.63, 3.8) is 0 Å². The van der Waals surface area contributed by atoms with Crippen molar-refractivity contribution in [3.8, 4) is 0 Å². The summed E-state index contributed by atoms with van der Waals surface area (Å²) in [5, 5.41) is 3.44. The Hall–Kier alpha value is -2.13. The summed E-state index contributed by atoms with van der Waals surface area (Å²) in [7, 11) is -0.0732. The number of halogens is 1. The minimum Gasteiger partial charge on any atom is -0.367 e. The number of sulfonamides is 1. The van der Waals surface area contributed by atoms with Gasteiger partial charge in [-0.15, -0.1) is 0 Å². The standard InChI is InChI=1S/C22H29ClN4O3S/c1-16(2)26(4)31(29,30)19-7-5-6-17(14-19)22(28)24-20-15-18(23)8-9-21(20)27-12-10-25(3)11-13-27/h5-9,14-16H,10-13H2,1-4H3,(H,24,28). The van der Waals surface area contributed by atoms with Crippen LogP contribution in [-0.2, 0) is 10.0 Å². The van der Waals surface area contributed by atoms with Crippen molar-refractivity contribution < 1.29 is 13.2 Å². The highest BCUT2D eigenvalue weighted by Gasteiger charge is 2.24. The van der Waals surface area contributed by atoms with Crippen LogP contribution in [0.2, 0.25) is 5.02 Å². The monoisotopic (exact) mass is 464 g/mol. The lowest BCUT2D eigenvalue weighted by Crippen LogP contribution is -2.44. The molecule has 0 atom stereocenters. The summed E-state index contributed by atoms with van der Waals surface area (Å²) < 4.78 is 26.9. The van der Waals surface area contributed by atoms with E-state index in [4.69, 9.17) is 11.6 Å². The zero-order chi connectivity index (χ0) is 22.8. The van der Waals surface area contributed by atoms with E-state index in [2.05, 4.69) is 22.2 Å². The van der Waals surface area contributed by atoms with Crippen LogP contribution in [0.25, 0.3) is 0 Å². The van der Waals surface area contributed by atoms with Gasteiger partial charge in [-0.1, -0.05) is 17.7 Å². The molecule has 9 heteroatoms. The van der Waals surface area contributed by atoms with Crippen LogP contribution in [0.1, 0.15) is 24.2 Å². The van der Waals surface area contributed by atoms with Gasteiger partial charge in [0.2, 0.25) is 10.0 Å². The van der Waals surface area contributed by atoms with Crippen LogP contribution in [0.4, 0.5) is 11.4 Å². The molecule has 7 nitrogen and oxygen atoms in total. The van der Waals surface area contributed by atoms with Crippen molar-refractivity contribution in [1.82, 2.24) is 9.21 Å². The third-order valence-electron chi connectivity index (χ3n) is 5.55. The number of rotatable bonds is 6.